The summed E-state index contributed by atoms with van der Waals surface area (Å²) in [6, 6.07) is 4.89. The first kappa shape index (κ1) is 11.6. The zero-order valence-electron chi connectivity index (χ0n) is 10.1. The number of hydrogen-bond donors (Lipinski definition) is 0. The molecular weight excluding hydrogens is 220 g/mol. The number of aryl methyl sites for hydroxylation is 1. The molecule has 1 aromatic carbocycles. The van der Waals surface area contributed by atoms with Gasteiger partial charge in [-0.3, -0.25) is 10.1 Å². The molecule has 0 aliphatic carbocycles. The highest BCUT2D eigenvalue weighted by Gasteiger charge is 2.28. The Kier molecular flexibility index (Phi) is 2.61. The molecule has 1 aliphatic heterocycles. The average molecular weight is 234 g/mol. The van der Waals surface area contributed by atoms with Crippen LogP contribution < -0.4 is 0 Å². The Labute approximate surface area is 99.3 Å². The molecule has 0 saturated heterocycles. The summed E-state index contributed by atoms with van der Waals surface area (Å²) in [7, 11) is 0. The van der Waals surface area contributed by atoms with E-state index in [-0.39, 0.29) is 16.2 Å². The third-order valence-corrected chi connectivity index (χ3v) is 2.62. The second-order valence-electron chi connectivity index (χ2n) is 4.74. The van der Waals surface area contributed by atoms with Crippen molar-refractivity contribution in [3.8, 4) is 0 Å². The summed E-state index contributed by atoms with van der Waals surface area (Å²) in [5.41, 5.74) is 1.24. The largest absolute Gasteiger partial charge is 0.469 e. The fraction of sp³-hybridized carbons (Fsp3) is 0.417. The van der Waals surface area contributed by atoms with Crippen molar-refractivity contribution < 1.29 is 9.66 Å². The van der Waals surface area contributed by atoms with Gasteiger partial charge in [-0.25, -0.2) is 4.99 Å². The van der Waals surface area contributed by atoms with E-state index in [0.717, 1.165) is 5.56 Å². The Morgan fingerprint density at radius 3 is 2.65 bits per heavy atom. The maximum atomic E-state index is 10.7. The van der Waals surface area contributed by atoms with E-state index in [9.17, 15) is 10.1 Å². The smallest absolute Gasteiger partial charge is 0.272 e. The van der Waals surface area contributed by atoms with Crippen molar-refractivity contribution in [2.24, 2.45) is 4.99 Å². The van der Waals surface area contributed by atoms with Gasteiger partial charge in [-0.05, 0) is 32.9 Å². The van der Waals surface area contributed by atoms with Gasteiger partial charge >= 0.3 is 0 Å². The Hall–Kier alpha value is -1.91. The average Bonchev–Trinajstić information content (AvgIpc) is 2.58. The molecule has 0 saturated carbocycles. The monoisotopic (exact) mass is 234 g/mol. The minimum Gasteiger partial charge on any atom is -0.469 e. The van der Waals surface area contributed by atoms with Crippen molar-refractivity contribution in [1.29, 1.82) is 0 Å². The van der Waals surface area contributed by atoms with E-state index in [4.69, 9.17) is 4.74 Å². The van der Waals surface area contributed by atoms with Gasteiger partial charge < -0.3 is 4.74 Å². The van der Waals surface area contributed by atoms with E-state index in [0.29, 0.717) is 18.0 Å². The SMILES string of the molecule is Cc1cc(C2=NCC(C)(C)O2)ccc1[N+](=O)[O-]. The maximum absolute atomic E-state index is 10.7. The number of hydrogen-bond acceptors (Lipinski definition) is 4. The zero-order chi connectivity index (χ0) is 12.6. The summed E-state index contributed by atoms with van der Waals surface area (Å²) in [4.78, 5) is 14.6. The number of nitro benzene ring substituents is 1. The molecule has 90 valence electrons. The minimum atomic E-state index is -0.389. The maximum Gasteiger partial charge on any atom is 0.272 e. The summed E-state index contributed by atoms with van der Waals surface area (Å²) in [6.45, 7) is 6.24. The van der Waals surface area contributed by atoms with Crippen molar-refractivity contribution in [2.75, 3.05) is 6.54 Å². The van der Waals surface area contributed by atoms with Crippen LogP contribution in [0.15, 0.2) is 23.2 Å². The normalized spacial score (nSPS) is 17.5. The van der Waals surface area contributed by atoms with Crippen LogP contribution in [0, 0.1) is 17.0 Å². The van der Waals surface area contributed by atoms with Gasteiger partial charge in [0.25, 0.3) is 5.69 Å². The lowest BCUT2D eigenvalue weighted by Gasteiger charge is -2.17. The Balaban J connectivity index is 2.31. The van der Waals surface area contributed by atoms with Crippen molar-refractivity contribution >= 4 is 11.6 Å². The van der Waals surface area contributed by atoms with Crippen LogP contribution in [0.25, 0.3) is 0 Å². The van der Waals surface area contributed by atoms with Gasteiger partial charge in [0, 0.05) is 17.2 Å². The van der Waals surface area contributed by atoms with Crippen molar-refractivity contribution in [3.05, 3.63) is 39.4 Å². The van der Waals surface area contributed by atoms with Crippen LogP contribution in [0.4, 0.5) is 5.69 Å². The third-order valence-electron chi connectivity index (χ3n) is 2.62. The first-order valence-corrected chi connectivity index (χ1v) is 5.38. The second-order valence-corrected chi connectivity index (χ2v) is 4.74. The number of rotatable bonds is 2. The van der Waals surface area contributed by atoms with Crippen LogP contribution in [0.5, 0.6) is 0 Å². The predicted octanol–water partition coefficient (Wildman–Crippen LogP) is 2.46. The highest BCUT2D eigenvalue weighted by atomic mass is 16.6. The van der Waals surface area contributed by atoms with Crippen LogP contribution in [0.2, 0.25) is 0 Å². The van der Waals surface area contributed by atoms with E-state index in [1.165, 1.54) is 6.07 Å². The van der Waals surface area contributed by atoms with Gasteiger partial charge in [0.05, 0.1) is 11.5 Å². The molecular formula is C12H14N2O3. The van der Waals surface area contributed by atoms with Gasteiger partial charge in [0.15, 0.2) is 0 Å². The van der Waals surface area contributed by atoms with Crippen LogP contribution >= 0.6 is 0 Å². The molecule has 1 aromatic rings. The van der Waals surface area contributed by atoms with Crippen molar-refractivity contribution in [1.82, 2.24) is 0 Å². The van der Waals surface area contributed by atoms with E-state index < -0.39 is 0 Å². The summed E-state index contributed by atoms with van der Waals surface area (Å²) < 4.78 is 5.67. The highest BCUT2D eigenvalue weighted by molar-refractivity contribution is 5.95. The molecule has 0 aromatic heterocycles. The van der Waals surface area contributed by atoms with Gasteiger partial charge in [-0.1, -0.05) is 0 Å². The van der Waals surface area contributed by atoms with E-state index in [2.05, 4.69) is 4.99 Å². The van der Waals surface area contributed by atoms with Gasteiger partial charge in [-0.2, -0.15) is 0 Å². The molecule has 17 heavy (non-hydrogen) atoms. The number of aliphatic imine (C=N–C) groups is 1. The lowest BCUT2D eigenvalue weighted by molar-refractivity contribution is -0.385. The molecule has 1 heterocycles. The Morgan fingerprint density at radius 1 is 1.47 bits per heavy atom. The lowest BCUT2D eigenvalue weighted by atomic mass is 10.1. The molecule has 0 spiro atoms. The first-order valence-electron chi connectivity index (χ1n) is 5.38. The predicted molar refractivity (Wildman–Crippen MR) is 64.4 cm³/mol. The molecule has 0 radical (unpaired) electrons. The van der Waals surface area contributed by atoms with Crippen LogP contribution in [0.3, 0.4) is 0 Å². The van der Waals surface area contributed by atoms with Gasteiger partial charge in [0.1, 0.15) is 5.60 Å². The number of nitrogens with zero attached hydrogens (tertiary/aromatic N) is 2. The van der Waals surface area contributed by atoms with E-state index >= 15 is 0 Å². The van der Waals surface area contributed by atoms with E-state index in [1.54, 1.807) is 19.1 Å². The highest BCUT2D eigenvalue weighted by Crippen LogP contribution is 2.24. The topological polar surface area (TPSA) is 64.7 Å². The second kappa shape index (κ2) is 3.84. The molecule has 2 rings (SSSR count). The molecule has 0 unspecified atom stereocenters. The van der Waals surface area contributed by atoms with Crippen molar-refractivity contribution in [3.63, 3.8) is 0 Å². The molecule has 0 fully saturated rings. The first-order chi connectivity index (χ1) is 7.89. The van der Waals surface area contributed by atoms with Crippen LogP contribution in [-0.4, -0.2) is 23.0 Å². The number of ether oxygens (including phenoxy) is 1. The Bertz CT molecular complexity index is 506. The zero-order valence-corrected chi connectivity index (χ0v) is 10.1. The molecule has 0 N–H and O–H groups in total. The molecule has 0 amide bonds. The standard InChI is InChI=1S/C12H14N2O3/c1-8-6-9(4-5-10(8)14(15)16)11-13-7-12(2,3)17-11/h4-6H,7H2,1-3H3. The number of benzene rings is 1. The fourth-order valence-corrected chi connectivity index (χ4v) is 1.73. The third kappa shape index (κ3) is 2.27. The van der Waals surface area contributed by atoms with Crippen LogP contribution in [-0.2, 0) is 4.74 Å². The molecule has 0 bridgehead atoms. The van der Waals surface area contributed by atoms with E-state index in [1.807, 2.05) is 13.8 Å². The Morgan fingerprint density at radius 2 is 2.18 bits per heavy atom. The van der Waals surface area contributed by atoms with Crippen molar-refractivity contribution in [2.45, 2.75) is 26.4 Å². The summed E-state index contributed by atoms with van der Waals surface area (Å²) in [5, 5.41) is 10.7. The van der Waals surface area contributed by atoms with Crippen LogP contribution in [0.1, 0.15) is 25.0 Å². The summed E-state index contributed by atoms with van der Waals surface area (Å²) in [5.74, 6) is 0.563. The molecule has 1 aliphatic rings. The number of nitro groups is 1. The quantitative estimate of drug-likeness (QED) is 0.583. The minimum absolute atomic E-state index is 0.117. The molecule has 5 nitrogen and oxygen atoms in total. The summed E-state index contributed by atoms with van der Waals surface area (Å²) in [6.07, 6.45) is 0. The fourth-order valence-electron chi connectivity index (χ4n) is 1.73. The molecule has 5 heteroatoms. The summed E-state index contributed by atoms with van der Waals surface area (Å²) >= 11 is 0. The lowest BCUT2D eigenvalue weighted by Crippen LogP contribution is -2.24. The molecule has 0 atom stereocenters. The van der Waals surface area contributed by atoms with Gasteiger partial charge in [0.2, 0.25) is 5.90 Å². The van der Waals surface area contributed by atoms with Gasteiger partial charge in [-0.15, -0.1) is 0 Å².